The van der Waals surface area contributed by atoms with Crippen LogP contribution in [0.2, 0.25) is 0 Å². The van der Waals surface area contributed by atoms with Crippen molar-refractivity contribution in [1.82, 2.24) is 9.88 Å². The van der Waals surface area contributed by atoms with Gasteiger partial charge in [-0.15, -0.1) is 11.3 Å². The molecule has 0 amide bonds. The molecule has 0 saturated heterocycles. The van der Waals surface area contributed by atoms with Crippen LogP contribution in [-0.2, 0) is 0 Å². The van der Waals surface area contributed by atoms with Crippen molar-refractivity contribution in [3.05, 3.63) is 199 Å². The fourth-order valence-corrected chi connectivity index (χ4v) is 11.5. The van der Waals surface area contributed by atoms with Gasteiger partial charge in [0.05, 0.1) is 28.7 Å². The highest BCUT2D eigenvalue weighted by Gasteiger charge is 2.37. The zero-order chi connectivity index (χ0) is 40.2. The predicted octanol–water partition coefficient (Wildman–Crippen LogP) is 15.2. The minimum absolute atomic E-state index is 0.0220. The Morgan fingerprint density at radius 2 is 1.26 bits per heavy atom. The van der Waals surface area contributed by atoms with Gasteiger partial charge in [0.15, 0.2) is 0 Å². The molecule has 0 aliphatic carbocycles. The molecule has 4 heterocycles. The predicted molar refractivity (Wildman–Crippen MR) is 258 cm³/mol. The Labute approximate surface area is 356 Å². The van der Waals surface area contributed by atoms with Gasteiger partial charge in [-0.2, -0.15) is 0 Å². The Morgan fingerprint density at radius 1 is 0.557 bits per heavy atom. The lowest BCUT2D eigenvalue weighted by atomic mass is 9.79. The van der Waals surface area contributed by atoms with Gasteiger partial charge in [-0.1, -0.05) is 134 Å². The second kappa shape index (κ2) is 13.4. The molecule has 4 nitrogen and oxygen atoms in total. The summed E-state index contributed by atoms with van der Waals surface area (Å²) in [5.41, 5.74) is 8.60. The van der Waals surface area contributed by atoms with E-state index in [1.165, 1.54) is 74.6 Å². The molecule has 61 heavy (non-hydrogen) atoms. The topological polar surface area (TPSA) is 42.5 Å². The third-order valence-corrected chi connectivity index (χ3v) is 14.4. The zero-order valence-corrected chi connectivity index (χ0v) is 34.3. The van der Waals surface area contributed by atoms with Crippen LogP contribution in [0.25, 0.3) is 91.1 Å². The maximum Gasteiger partial charge on any atom is 0.146 e. The van der Waals surface area contributed by atoms with Gasteiger partial charge < -0.3 is 14.3 Å². The highest BCUT2D eigenvalue weighted by molar-refractivity contribution is 7.25. The second-order valence-electron chi connectivity index (χ2n) is 16.6. The fraction of sp³-hybridized carbons (Fsp3) is 0.0893. The van der Waals surface area contributed by atoms with E-state index in [1.54, 1.807) is 0 Å². The number of hydrogen-bond donors (Lipinski definition) is 1. The first kappa shape index (κ1) is 34.6. The number of para-hydroxylation sites is 2. The summed E-state index contributed by atoms with van der Waals surface area (Å²) in [6.45, 7) is 2.32. The van der Waals surface area contributed by atoms with Crippen molar-refractivity contribution in [1.29, 1.82) is 0 Å². The summed E-state index contributed by atoms with van der Waals surface area (Å²) in [6, 6.07) is 66.5. The van der Waals surface area contributed by atoms with Gasteiger partial charge in [-0.3, -0.25) is 4.99 Å². The summed E-state index contributed by atoms with van der Waals surface area (Å²) in [5.74, 6) is 1.02. The number of furan rings is 1. The lowest BCUT2D eigenvalue weighted by molar-refractivity contribution is 0.312. The number of nitrogens with one attached hydrogen (secondary N) is 1. The number of aliphatic imine (C=N–C) groups is 1. The Hall–Kier alpha value is -7.21. The Morgan fingerprint density at radius 3 is 2.13 bits per heavy atom. The number of aromatic nitrogens is 1. The lowest BCUT2D eigenvalue weighted by Gasteiger charge is -2.38. The van der Waals surface area contributed by atoms with E-state index in [2.05, 4.69) is 199 Å². The number of hydrogen-bond acceptors (Lipinski definition) is 4. The van der Waals surface area contributed by atoms with Crippen LogP contribution in [0.3, 0.4) is 0 Å². The molecule has 290 valence electrons. The molecule has 3 unspecified atom stereocenters. The number of rotatable bonds is 5. The van der Waals surface area contributed by atoms with Crippen molar-refractivity contribution in [2.24, 2.45) is 10.9 Å². The van der Waals surface area contributed by atoms with Gasteiger partial charge in [0.2, 0.25) is 0 Å². The molecule has 3 atom stereocenters. The van der Waals surface area contributed by atoms with Crippen molar-refractivity contribution >= 4 is 103 Å². The van der Waals surface area contributed by atoms with Gasteiger partial charge in [-0.05, 0) is 93.7 Å². The maximum absolute atomic E-state index is 6.91. The van der Waals surface area contributed by atoms with Crippen LogP contribution in [0.5, 0.6) is 0 Å². The third kappa shape index (κ3) is 5.27. The zero-order valence-electron chi connectivity index (χ0n) is 33.5. The van der Waals surface area contributed by atoms with Crippen LogP contribution >= 0.6 is 11.3 Å². The molecule has 9 aromatic carbocycles. The molecule has 0 saturated carbocycles. The summed E-state index contributed by atoms with van der Waals surface area (Å²) in [6.07, 6.45) is 0.945. The molecular weight excluding hydrogens is 763 g/mol. The molecule has 0 fully saturated rings. The van der Waals surface area contributed by atoms with E-state index in [-0.39, 0.29) is 18.0 Å². The standard InChI is InChI=1S/C56H39N3OS/c1-2-38-53(36-26-27-52-45(29-36)42-21-9-12-25-51(42)61-52)57-56(58-54(38)43-22-13-17-33-14-5-6-18-39(33)43)47-32-37(31-46-41-20-8-11-24-50(41)60-55(46)47)59-48-23-10-7-19-40(48)44-28-34-15-3-4-16-35(34)30-49(44)59/h3-32,38,53-54H,2H2,1H3,(H,57,58). The van der Waals surface area contributed by atoms with Crippen LogP contribution in [0.4, 0.5) is 0 Å². The molecule has 0 radical (unpaired) electrons. The van der Waals surface area contributed by atoms with E-state index in [0.29, 0.717) is 0 Å². The summed E-state index contributed by atoms with van der Waals surface area (Å²) in [5, 5.41) is 16.3. The maximum atomic E-state index is 6.91. The first-order valence-corrected chi connectivity index (χ1v) is 22.1. The average Bonchev–Trinajstić information content (AvgIpc) is 3.99. The number of benzene rings is 9. The van der Waals surface area contributed by atoms with Crippen LogP contribution in [0.15, 0.2) is 191 Å². The molecule has 1 aliphatic heterocycles. The quantitative estimate of drug-likeness (QED) is 0.188. The van der Waals surface area contributed by atoms with Crippen molar-refractivity contribution < 1.29 is 4.42 Å². The summed E-state index contributed by atoms with van der Waals surface area (Å²) in [7, 11) is 0. The van der Waals surface area contributed by atoms with Gasteiger partial charge in [0.1, 0.15) is 17.0 Å². The minimum Gasteiger partial charge on any atom is -0.455 e. The number of thiophene rings is 1. The SMILES string of the molecule is CCC1C(c2ccc3sc4ccccc4c3c2)N=C(c2cc(-n3c4ccccc4c4cc5ccccc5cc43)cc3c2oc2ccccc23)NC1c1cccc2ccccc12. The van der Waals surface area contributed by atoms with Crippen molar-refractivity contribution in [3.63, 3.8) is 0 Å². The van der Waals surface area contributed by atoms with E-state index in [1.807, 2.05) is 11.3 Å². The van der Waals surface area contributed by atoms with Gasteiger partial charge >= 0.3 is 0 Å². The highest BCUT2D eigenvalue weighted by Crippen LogP contribution is 2.46. The smallest absolute Gasteiger partial charge is 0.146 e. The van der Waals surface area contributed by atoms with Crippen LogP contribution in [-0.4, -0.2) is 10.4 Å². The summed E-state index contributed by atoms with van der Waals surface area (Å²) >= 11 is 1.86. The first-order chi connectivity index (χ1) is 30.2. The van der Waals surface area contributed by atoms with Gasteiger partial charge in [-0.25, -0.2) is 0 Å². The van der Waals surface area contributed by atoms with Crippen LogP contribution in [0.1, 0.15) is 42.1 Å². The molecular formula is C56H39N3OS. The van der Waals surface area contributed by atoms with Crippen molar-refractivity contribution in [2.75, 3.05) is 0 Å². The van der Waals surface area contributed by atoms with Crippen LogP contribution in [0, 0.1) is 5.92 Å². The molecule has 13 rings (SSSR count). The Kier molecular flexibility index (Phi) is 7.61. The number of amidine groups is 1. The van der Waals surface area contributed by atoms with E-state index < -0.39 is 0 Å². The van der Waals surface area contributed by atoms with E-state index >= 15 is 0 Å². The Bertz CT molecular complexity index is 3770. The van der Waals surface area contributed by atoms with Gasteiger partial charge in [0, 0.05) is 53.3 Å². The van der Waals surface area contributed by atoms with E-state index in [0.717, 1.165) is 45.4 Å². The monoisotopic (exact) mass is 801 g/mol. The summed E-state index contributed by atoms with van der Waals surface area (Å²) in [4.78, 5) is 5.85. The van der Waals surface area contributed by atoms with Crippen molar-refractivity contribution in [3.8, 4) is 5.69 Å². The molecule has 1 N–H and O–H groups in total. The molecule has 1 aliphatic rings. The number of fused-ring (bicyclic) bond motifs is 11. The van der Waals surface area contributed by atoms with E-state index in [4.69, 9.17) is 9.41 Å². The first-order valence-electron chi connectivity index (χ1n) is 21.3. The van der Waals surface area contributed by atoms with E-state index in [9.17, 15) is 0 Å². The van der Waals surface area contributed by atoms with Crippen molar-refractivity contribution in [2.45, 2.75) is 25.4 Å². The van der Waals surface area contributed by atoms with Crippen LogP contribution < -0.4 is 5.32 Å². The normalized spacial score (nSPS) is 17.1. The fourth-order valence-electron chi connectivity index (χ4n) is 10.4. The highest BCUT2D eigenvalue weighted by atomic mass is 32.1. The molecule has 3 aromatic heterocycles. The third-order valence-electron chi connectivity index (χ3n) is 13.3. The second-order valence-corrected chi connectivity index (χ2v) is 17.7. The van der Waals surface area contributed by atoms with Gasteiger partial charge in [0.25, 0.3) is 0 Å². The molecule has 0 spiro atoms. The summed E-state index contributed by atoms with van der Waals surface area (Å²) < 4.78 is 12.0. The molecule has 12 aromatic rings. The largest absolute Gasteiger partial charge is 0.455 e. The average molecular weight is 802 g/mol. The lowest BCUT2D eigenvalue weighted by Crippen LogP contribution is -2.41. The molecule has 5 heteroatoms. The Balaban J connectivity index is 1.10. The minimum atomic E-state index is -0.115. The number of nitrogens with zero attached hydrogens (tertiary/aromatic N) is 2. The molecule has 0 bridgehead atoms.